The number of hydrogen-bond acceptors (Lipinski definition) is 3. The quantitative estimate of drug-likeness (QED) is 0.336. The van der Waals surface area contributed by atoms with E-state index in [0.717, 1.165) is 43.3 Å². The number of nitrogens with one attached hydrogen (secondary N) is 1. The number of halogens is 1. The van der Waals surface area contributed by atoms with Crippen molar-refractivity contribution in [1.82, 2.24) is 15.0 Å². The molecule has 5 heteroatoms. The zero-order chi connectivity index (χ0) is 20.5. The molecule has 0 aliphatic heterocycles. The minimum atomic E-state index is 0.551. The molecule has 0 radical (unpaired) electrons. The molecule has 0 atom stereocenters. The highest BCUT2D eigenvalue weighted by molar-refractivity contribution is 9.10. The van der Waals surface area contributed by atoms with E-state index in [1.54, 1.807) is 12.4 Å². The normalized spacial score (nSPS) is 10.8. The third-order valence-corrected chi connectivity index (χ3v) is 5.62. The van der Waals surface area contributed by atoms with Crippen molar-refractivity contribution in [2.45, 2.75) is 0 Å². The SMILES string of the molecule is N#Cc1c(-c2ccc(Br)cc2)cc(-c2cccnc2)nc1-c1c[nH]c2ccccc12. The molecule has 5 aromatic rings. The first kappa shape index (κ1) is 18.3. The molecule has 0 amide bonds. The molecular formula is C25H15BrN4. The van der Waals surface area contributed by atoms with Crippen molar-refractivity contribution in [3.8, 4) is 39.7 Å². The van der Waals surface area contributed by atoms with E-state index < -0.39 is 0 Å². The molecule has 3 heterocycles. The first-order valence-electron chi connectivity index (χ1n) is 9.42. The van der Waals surface area contributed by atoms with Crippen molar-refractivity contribution in [1.29, 1.82) is 5.26 Å². The zero-order valence-electron chi connectivity index (χ0n) is 15.8. The summed E-state index contributed by atoms with van der Waals surface area (Å²) >= 11 is 3.49. The molecule has 0 saturated carbocycles. The van der Waals surface area contributed by atoms with Crippen LogP contribution in [-0.4, -0.2) is 15.0 Å². The van der Waals surface area contributed by atoms with Gasteiger partial charge < -0.3 is 4.98 Å². The van der Waals surface area contributed by atoms with Crippen LogP contribution in [-0.2, 0) is 0 Å². The Balaban J connectivity index is 1.84. The van der Waals surface area contributed by atoms with Gasteiger partial charge in [0, 0.05) is 50.7 Å². The molecule has 0 spiro atoms. The summed E-state index contributed by atoms with van der Waals surface area (Å²) in [7, 11) is 0. The highest BCUT2D eigenvalue weighted by Crippen LogP contribution is 2.37. The fourth-order valence-corrected chi connectivity index (χ4v) is 3.90. The number of hydrogen-bond donors (Lipinski definition) is 1. The van der Waals surface area contributed by atoms with Crippen LogP contribution in [0.1, 0.15) is 5.56 Å². The van der Waals surface area contributed by atoms with Gasteiger partial charge in [-0.1, -0.05) is 46.3 Å². The third-order valence-electron chi connectivity index (χ3n) is 5.09. The van der Waals surface area contributed by atoms with Crippen molar-refractivity contribution < 1.29 is 0 Å². The summed E-state index contributed by atoms with van der Waals surface area (Å²) in [5.74, 6) is 0. The molecule has 0 saturated heterocycles. The van der Waals surface area contributed by atoms with Gasteiger partial charge >= 0.3 is 0 Å². The van der Waals surface area contributed by atoms with Gasteiger partial charge in [0.05, 0.1) is 17.0 Å². The van der Waals surface area contributed by atoms with Crippen molar-refractivity contribution in [2.75, 3.05) is 0 Å². The predicted octanol–water partition coefficient (Wildman–Crippen LogP) is 6.59. The number of rotatable bonds is 3. The lowest BCUT2D eigenvalue weighted by molar-refractivity contribution is 1.27. The van der Waals surface area contributed by atoms with Crippen LogP contribution in [0, 0.1) is 11.3 Å². The van der Waals surface area contributed by atoms with Gasteiger partial charge in [-0.25, -0.2) is 4.98 Å². The number of H-pyrrole nitrogens is 1. The maximum atomic E-state index is 10.1. The van der Waals surface area contributed by atoms with Crippen LogP contribution in [0.3, 0.4) is 0 Å². The predicted molar refractivity (Wildman–Crippen MR) is 123 cm³/mol. The Kier molecular flexibility index (Phi) is 4.62. The first-order valence-corrected chi connectivity index (χ1v) is 10.2. The molecule has 1 N–H and O–H groups in total. The Bertz CT molecular complexity index is 1400. The van der Waals surface area contributed by atoms with Crippen LogP contribution < -0.4 is 0 Å². The number of nitrogens with zero attached hydrogens (tertiary/aromatic N) is 3. The summed E-state index contributed by atoms with van der Waals surface area (Å²) in [6, 6.07) is 24.3. The fraction of sp³-hybridized carbons (Fsp3) is 0. The zero-order valence-corrected chi connectivity index (χ0v) is 17.4. The van der Waals surface area contributed by atoms with Gasteiger partial charge in [0.1, 0.15) is 6.07 Å². The van der Waals surface area contributed by atoms with E-state index in [0.29, 0.717) is 11.3 Å². The van der Waals surface area contributed by atoms with Gasteiger partial charge in [0.25, 0.3) is 0 Å². The van der Waals surface area contributed by atoms with Crippen molar-refractivity contribution >= 4 is 26.8 Å². The maximum absolute atomic E-state index is 10.1. The summed E-state index contributed by atoms with van der Waals surface area (Å²) in [5, 5.41) is 11.2. The summed E-state index contributed by atoms with van der Waals surface area (Å²) in [5.41, 5.74) is 6.62. The second-order valence-electron chi connectivity index (χ2n) is 6.89. The van der Waals surface area contributed by atoms with E-state index >= 15 is 0 Å². The molecule has 4 nitrogen and oxygen atoms in total. The number of nitriles is 1. The number of aromatic nitrogens is 3. The van der Waals surface area contributed by atoms with Crippen LogP contribution in [0.4, 0.5) is 0 Å². The monoisotopic (exact) mass is 450 g/mol. The minimum absolute atomic E-state index is 0.551. The number of para-hydroxylation sites is 1. The largest absolute Gasteiger partial charge is 0.360 e. The molecule has 0 aliphatic rings. The van der Waals surface area contributed by atoms with Crippen LogP contribution >= 0.6 is 15.9 Å². The Morgan fingerprint density at radius 1 is 0.900 bits per heavy atom. The Hall–Kier alpha value is -3.75. The highest BCUT2D eigenvalue weighted by Gasteiger charge is 2.19. The fourth-order valence-electron chi connectivity index (χ4n) is 3.64. The van der Waals surface area contributed by atoms with Crippen molar-refractivity contribution in [2.24, 2.45) is 0 Å². The first-order chi connectivity index (χ1) is 14.7. The van der Waals surface area contributed by atoms with Crippen LogP contribution in [0.5, 0.6) is 0 Å². The molecule has 5 rings (SSSR count). The number of aromatic amines is 1. The van der Waals surface area contributed by atoms with E-state index in [4.69, 9.17) is 4.98 Å². The van der Waals surface area contributed by atoms with Crippen LogP contribution in [0.25, 0.3) is 44.5 Å². The molecule has 2 aromatic carbocycles. The van der Waals surface area contributed by atoms with Crippen LogP contribution in [0.2, 0.25) is 0 Å². The molecular weight excluding hydrogens is 436 g/mol. The second-order valence-corrected chi connectivity index (χ2v) is 7.80. The number of benzene rings is 2. The molecule has 142 valence electrons. The van der Waals surface area contributed by atoms with Crippen molar-refractivity contribution in [3.05, 3.63) is 95.4 Å². The lowest BCUT2D eigenvalue weighted by Crippen LogP contribution is -1.97. The molecule has 0 fully saturated rings. The summed E-state index contributed by atoms with van der Waals surface area (Å²) in [6.45, 7) is 0. The smallest absolute Gasteiger partial charge is 0.102 e. The molecule has 3 aromatic heterocycles. The summed E-state index contributed by atoms with van der Waals surface area (Å²) in [4.78, 5) is 12.5. The highest BCUT2D eigenvalue weighted by atomic mass is 79.9. The lowest BCUT2D eigenvalue weighted by atomic mass is 9.94. The van der Waals surface area contributed by atoms with E-state index in [1.165, 1.54) is 0 Å². The average molecular weight is 451 g/mol. The van der Waals surface area contributed by atoms with E-state index in [2.05, 4.69) is 32.0 Å². The van der Waals surface area contributed by atoms with Gasteiger partial charge in [-0.05, 0) is 42.0 Å². The van der Waals surface area contributed by atoms with E-state index in [-0.39, 0.29) is 0 Å². The Morgan fingerprint density at radius 2 is 1.73 bits per heavy atom. The summed E-state index contributed by atoms with van der Waals surface area (Å²) < 4.78 is 0.989. The van der Waals surface area contributed by atoms with Crippen molar-refractivity contribution in [3.63, 3.8) is 0 Å². The maximum Gasteiger partial charge on any atom is 0.102 e. The molecule has 30 heavy (non-hydrogen) atoms. The summed E-state index contributed by atoms with van der Waals surface area (Å²) in [6.07, 6.45) is 5.45. The lowest BCUT2D eigenvalue weighted by Gasteiger charge is -2.13. The average Bonchev–Trinajstić information content (AvgIpc) is 3.23. The molecule has 0 unspecified atom stereocenters. The second kappa shape index (κ2) is 7.58. The van der Waals surface area contributed by atoms with Crippen LogP contribution in [0.15, 0.2) is 89.8 Å². The Morgan fingerprint density at radius 3 is 2.50 bits per heavy atom. The topological polar surface area (TPSA) is 65.4 Å². The van der Waals surface area contributed by atoms with Gasteiger partial charge in [-0.2, -0.15) is 5.26 Å². The standard InChI is InChI=1S/C25H15BrN4/c26-18-9-7-16(8-10-18)20-12-24(17-4-3-11-28-14-17)30-25(21(20)13-27)22-15-29-23-6-2-1-5-19(22)23/h1-12,14-15,29H. The third kappa shape index (κ3) is 3.18. The van der Waals surface area contributed by atoms with Gasteiger partial charge in [0.2, 0.25) is 0 Å². The number of fused-ring (bicyclic) bond motifs is 1. The number of pyridine rings is 2. The van der Waals surface area contributed by atoms with E-state index in [1.807, 2.05) is 72.9 Å². The minimum Gasteiger partial charge on any atom is -0.360 e. The van der Waals surface area contributed by atoms with E-state index in [9.17, 15) is 5.26 Å². The van der Waals surface area contributed by atoms with Gasteiger partial charge in [-0.3, -0.25) is 4.98 Å². The molecule has 0 bridgehead atoms. The van der Waals surface area contributed by atoms with Gasteiger partial charge in [0.15, 0.2) is 0 Å². The Labute approximate surface area is 182 Å². The van der Waals surface area contributed by atoms with Gasteiger partial charge in [-0.15, -0.1) is 0 Å². The molecule has 0 aliphatic carbocycles.